The van der Waals surface area contributed by atoms with E-state index in [0.717, 1.165) is 19.3 Å². The Bertz CT molecular complexity index is 201. The van der Waals surface area contributed by atoms with Crippen LogP contribution < -0.4 is 0 Å². The molecule has 0 amide bonds. The molecule has 11 heavy (non-hydrogen) atoms. The normalized spacial score (nSPS) is 14.1. The Kier molecular flexibility index (Phi) is 5.81. The summed E-state index contributed by atoms with van der Waals surface area (Å²) in [6, 6.07) is 0. The van der Waals surface area contributed by atoms with Crippen molar-refractivity contribution in [3.05, 3.63) is 11.0 Å². The maximum atomic E-state index is 10.3. The summed E-state index contributed by atoms with van der Waals surface area (Å²) in [5, 5.41) is 1.20. The van der Waals surface area contributed by atoms with Crippen molar-refractivity contribution >= 4 is 11.1 Å². The molecule has 2 nitrogen and oxygen atoms in total. The highest BCUT2D eigenvalue weighted by Crippen LogP contribution is 2.06. The summed E-state index contributed by atoms with van der Waals surface area (Å²) in [5.74, 6) is 2.38. The van der Waals surface area contributed by atoms with Gasteiger partial charge in [-0.3, -0.25) is 0 Å². The lowest BCUT2D eigenvalue weighted by molar-refractivity contribution is 0.573. The number of hydrogen-bond acceptors (Lipinski definition) is 1. The summed E-state index contributed by atoms with van der Waals surface area (Å²) in [7, 11) is 0. The molecule has 0 aromatic heterocycles. The summed E-state index contributed by atoms with van der Waals surface area (Å²) < 4.78 is 18.7. The summed E-state index contributed by atoms with van der Waals surface area (Å²) in [6.07, 6.45) is 7.82. The second kappa shape index (κ2) is 6.14. The molecule has 0 saturated carbocycles. The number of allylic oxidation sites excluding steroid dienone is 1. The maximum Gasteiger partial charge on any atom is 0.179 e. The van der Waals surface area contributed by atoms with Crippen molar-refractivity contribution in [3.63, 3.8) is 0 Å². The fourth-order valence-corrected chi connectivity index (χ4v) is 1.08. The van der Waals surface area contributed by atoms with E-state index in [0.29, 0.717) is 5.57 Å². The average Bonchev–Trinajstić information content (AvgIpc) is 1.97. The van der Waals surface area contributed by atoms with Crippen molar-refractivity contribution in [1.29, 1.82) is 0 Å². The molecular weight excluding hydrogens is 160 g/mol. The molecule has 0 rings (SSSR count). The molecule has 0 heterocycles. The molecule has 0 aromatic carbocycles. The van der Waals surface area contributed by atoms with Gasteiger partial charge < -0.3 is 4.55 Å². The topological polar surface area (TPSA) is 37.3 Å². The zero-order valence-corrected chi connectivity index (χ0v) is 7.36. The van der Waals surface area contributed by atoms with Gasteiger partial charge in [0.1, 0.15) is 0 Å². The van der Waals surface area contributed by atoms with Crippen LogP contribution in [0.5, 0.6) is 0 Å². The van der Waals surface area contributed by atoms with Crippen LogP contribution in [0.2, 0.25) is 0 Å². The van der Waals surface area contributed by atoms with Gasteiger partial charge in [0.25, 0.3) is 0 Å². The lowest BCUT2D eigenvalue weighted by Crippen LogP contribution is -1.84. The smallest absolute Gasteiger partial charge is 0.179 e. The molecule has 1 N–H and O–H groups in total. The summed E-state index contributed by atoms with van der Waals surface area (Å²) in [5.41, 5.74) is 0.618. The van der Waals surface area contributed by atoms with Gasteiger partial charge in [-0.25, -0.2) is 4.21 Å². The van der Waals surface area contributed by atoms with Gasteiger partial charge in [-0.05, 0) is 12.8 Å². The van der Waals surface area contributed by atoms with Crippen LogP contribution in [0.15, 0.2) is 11.0 Å². The molecule has 0 radical (unpaired) electrons. The van der Waals surface area contributed by atoms with E-state index >= 15 is 0 Å². The van der Waals surface area contributed by atoms with Gasteiger partial charge in [0.2, 0.25) is 0 Å². The first-order chi connectivity index (χ1) is 5.20. The van der Waals surface area contributed by atoms with Gasteiger partial charge in [-0.2, -0.15) is 0 Å². The number of unbranched alkanes of at least 4 members (excludes halogenated alkanes) is 1. The molecule has 62 valence electrons. The minimum Gasteiger partial charge on any atom is -0.303 e. The first-order valence-electron chi connectivity index (χ1n) is 3.47. The van der Waals surface area contributed by atoms with E-state index in [9.17, 15) is 4.21 Å². The summed E-state index contributed by atoms with van der Waals surface area (Å²) in [6.45, 7) is 2.05. The second-order valence-corrected chi connectivity index (χ2v) is 2.96. The van der Waals surface area contributed by atoms with Crippen LogP contribution in [-0.4, -0.2) is 8.76 Å². The SMILES string of the molecule is C#C/C(=C/S(=O)O)CCCC. The highest BCUT2D eigenvalue weighted by atomic mass is 32.2. The molecule has 0 saturated heterocycles. The molecule has 1 unspecified atom stereocenters. The lowest BCUT2D eigenvalue weighted by atomic mass is 10.1. The lowest BCUT2D eigenvalue weighted by Gasteiger charge is -1.94. The van der Waals surface area contributed by atoms with Gasteiger partial charge in [-0.1, -0.05) is 19.3 Å². The standard InChI is InChI=1S/C8H12O2S/c1-3-5-6-8(4-2)7-11(9)10/h2,7H,3,5-6H2,1H3,(H,9,10)/b8-7-. The van der Waals surface area contributed by atoms with Gasteiger partial charge in [0.05, 0.1) is 0 Å². The molecule has 0 aliphatic carbocycles. The average molecular weight is 172 g/mol. The minimum absolute atomic E-state index is 0.618. The van der Waals surface area contributed by atoms with Gasteiger partial charge in [0, 0.05) is 11.0 Å². The quantitative estimate of drug-likeness (QED) is 0.519. The second-order valence-electron chi connectivity index (χ2n) is 2.17. The van der Waals surface area contributed by atoms with Gasteiger partial charge >= 0.3 is 0 Å². The van der Waals surface area contributed by atoms with Crippen molar-refractivity contribution < 1.29 is 8.76 Å². The Morgan fingerprint density at radius 1 is 1.82 bits per heavy atom. The van der Waals surface area contributed by atoms with Crippen molar-refractivity contribution in [1.82, 2.24) is 0 Å². The Balaban J connectivity index is 3.98. The molecule has 3 heteroatoms. The fraction of sp³-hybridized carbons (Fsp3) is 0.500. The van der Waals surface area contributed by atoms with Crippen molar-refractivity contribution in [2.24, 2.45) is 0 Å². The number of rotatable bonds is 4. The Hall–Kier alpha value is -0.590. The van der Waals surface area contributed by atoms with Crippen LogP contribution in [0, 0.1) is 12.3 Å². The Labute approximate surface area is 70.0 Å². The molecule has 0 aliphatic rings. The van der Waals surface area contributed by atoms with E-state index in [1.54, 1.807) is 0 Å². The van der Waals surface area contributed by atoms with E-state index < -0.39 is 11.1 Å². The molecule has 0 fully saturated rings. The Morgan fingerprint density at radius 2 is 2.45 bits per heavy atom. The van der Waals surface area contributed by atoms with Gasteiger partial charge in [-0.15, -0.1) is 6.42 Å². The zero-order valence-electron chi connectivity index (χ0n) is 6.54. The summed E-state index contributed by atoms with van der Waals surface area (Å²) >= 11 is -1.90. The summed E-state index contributed by atoms with van der Waals surface area (Å²) in [4.78, 5) is 0. The third kappa shape index (κ3) is 5.84. The van der Waals surface area contributed by atoms with Crippen molar-refractivity contribution in [3.8, 4) is 12.3 Å². The monoisotopic (exact) mass is 172 g/mol. The van der Waals surface area contributed by atoms with Crippen LogP contribution >= 0.6 is 0 Å². The zero-order chi connectivity index (χ0) is 8.69. The Morgan fingerprint density at radius 3 is 2.82 bits per heavy atom. The highest BCUT2D eigenvalue weighted by molar-refractivity contribution is 7.82. The van der Waals surface area contributed by atoms with Crippen LogP contribution in [0.3, 0.4) is 0 Å². The first kappa shape index (κ1) is 10.4. The first-order valence-corrected chi connectivity index (χ1v) is 4.64. The minimum atomic E-state index is -1.90. The largest absolute Gasteiger partial charge is 0.303 e. The fourth-order valence-electron chi connectivity index (χ4n) is 0.654. The molecule has 0 bridgehead atoms. The van der Waals surface area contributed by atoms with E-state index in [4.69, 9.17) is 11.0 Å². The van der Waals surface area contributed by atoms with E-state index in [-0.39, 0.29) is 0 Å². The van der Waals surface area contributed by atoms with E-state index in [1.807, 2.05) is 6.92 Å². The van der Waals surface area contributed by atoms with Gasteiger partial charge in [0.15, 0.2) is 11.1 Å². The predicted molar refractivity (Wildman–Crippen MR) is 47.2 cm³/mol. The number of hydrogen-bond donors (Lipinski definition) is 1. The third-order valence-electron chi connectivity index (χ3n) is 1.23. The predicted octanol–water partition coefficient (Wildman–Crippen LogP) is 1.92. The molecule has 1 atom stereocenters. The van der Waals surface area contributed by atoms with Crippen molar-refractivity contribution in [2.45, 2.75) is 26.2 Å². The van der Waals surface area contributed by atoms with Crippen molar-refractivity contribution in [2.75, 3.05) is 0 Å². The van der Waals surface area contributed by atoms with Crippen LogP contribution in [0.4, 0.5) is 0 Å². The third-order valence-corrected chi connectivity index (χ3v) is 1.71. The van der Waals surface area contributed by atoms with Crippen LogP contribution in [0.1, 0.15) is 26.2 Å². The van der Waals surface area contributed by atoms with E-state index in [1.165, 1.54) is 5.41 Å². The maximum absolute atomic E-state index is 10.3. The van der Waals surface area contributed by atoms with Crippen LogP contribution in [0.25, 0.3) is 0 Å². The molecule has 0 aromatic rings. The van der Waals surface area contributed by atoms with Crippen LogP contribution in [-0.2, 0) is 11.1 Å². The van der Waals surface area contributed by atoms with E-state index in [2.05, 4.69) is 5.92 Å². The molecule has 0 spiro atoms. The molecule has 0 aliphatic heterocycles. The number of terminal acetylenes is 1. The highest BCUT2D eigenvalue weighted by Gasteiger charge is 1.93. The molecular formula is C8H12O2S.